The molecule has 1 saturated heterocycles. The lowest BCUT2D eigenvalue weighted by molar-refractivity contribution is -0.0944. The summed E-state index contributed by atoms with van der Waals surface area (Å²) in [6, 6.07) is 25.1. The zero-order valence-electron chi connectivity index (χ0n) is 23.4. The van der Waals surface area contributed by atoms with Crippen LogP contribution in [0.3, 0.4) is 0 Å². The van der Waals surface area contributed by atoms with Crippen LogP contribution in [0.4, 0.5) is 0 Å². The minimum absolute atomic E-state index is 0.00935. The molecule has 0 aliphatic carbocycles. The van der Waals surface area contributed by atoms with E-state index in [0.717, 1.165) is 16.7 Å². The predicted molar refractivity (Wildman–Crippen MR) is 164 cm³/mol. The molecule has 0 amide bonds. The average Bonchev–Trinajstić information content (AvgIpc) is 3.39. The molecule has 3 atom stereocenters. The molecule has 218 valence electrons. The molecular weight excluding hydrogens is 651 g/mol. The summed E-state index contributed by atoms with van der Waals surface area (Å²) in [5, 5.41) is 11.0. The van der Waals surface area contributed by atoms with Gasteiger partial charge in [-0.1, -0.05) is 54.6 Å². The summed E-state index contributed by atoms with van der Waals surface area (Å²) in [5.41, 5.74) is 0.977. The Kier molecular flexibility index (Phi) is 9.07. The summed E-state index contributed by atoms with van der Waals surface area (Å²) < 4.78 is 25.7. The molecule has 1 N–H and O–H groups in total. The second-order valence-electron chi connectivity index (χ2n) is 9.93. The van der Waals surface area contributed by atoms with Crippen LogP contribution in [-0.2, 0) is 15.1 Å². The number of aliphatic hydroxyl groups is 1. The van der Waals surface area contributed by atoms with E-state index in [1.54, 1.807) is 14.2 Å². The third-order valence-corrected chi connectivity index (χ3v) is 8.18. The average molecular weight is 683 g/mol. The summed E-state index contributed by atoms with van der Waals surface area (Å²) in [4.78, 5) is 28.5. The normalized spacial score (nSPS) is 18.5. The zero-order valence-corrected chi connectivity index (χ0v) is 25.6. The van der Waals surface area contributed by atoms with Gasteiger partial charge in [-0.15, -0.1) is 0 Å². The fourth-order valence-electron chi connectivity index (χ4n) is 5.22. The molecule has 1 aliphatic heterocycles. The Morgan fingerprint density at radius 1 is 0.976 bits per heavy atom. The van der Waals surface area contributed by atoms with Crippen molar-refractivity contribution in [3.8, 4) is 11.5 Å². The highest BCUT2D eigenvalue weighted by atomic mass is 127. The fourth-order valence-corrected chi connectivity index (χ4v) is 6.02. The van der Waals surface area contributed by atoms with Crippen LogP contribution in [0.5, 0.6) is 11.5 Å². The quantitative estimate of drug-likeness (QED) is 0.146. The number of hydrogen-bond donors (Lipinski definition) is 1. The first kappa shape index (κ1) is 29.9. The van der Waals surface area contributed by atoms with Crippen LogP contribution in [0.15, 0.2) is 89.9 Å². The number of methoxy groups -OCH3 is 2. The van der Waals surface area contributed by atoms with Crippen LogP contribution in [0, 0.1) is 3.57 Å². The number of hydrogen-bond acceptors (Lipinski definition) is 8. The van der Waals surface area contributed by atoms with Gasteiger partial charge in [-0.2, -0.15) is 4.98 Å². The monoisotopic (exact) mass is 682 g/mol. The molecule has 9 nitrogen and oxygen atoms in total. The molecule has 5 rings (SSSR count). The molecule has 3 aromatic carbocycles. The lowest BCUT2D eigenvalue weighted by Gasteiger charge is -2.37. The number of aliphatic hydroxyl groups excluding tert-OH is 1. The van der Waals surface area contributed by atoms with E-state index >= 15 is 0 Å². The molecule has 1 aliphatic rings. The number of benzene rings is 3. The third kappa shape index (κ3) is 5.84. The van der Waals surface area contributed by atoms with Crippen molar-refractivity contribution >= 4 is 28.4 Å². The molecule has 0 saturated carbocycles. The van der Waals surface area contributed by atoms with Crippen LogP contribution in [-0.4, -0.2) is 53.5 Å². The standard InChI is InChI=1S/C32H31IN2O7/c1-20(36)30-26(33)18-35(31(38)34-30)29-17-27(37)28(42-29)19-41-32(21-7-5-4-6-8-21,22-9-13-24(39-2)14-10-22)23-11-15-25(40-3)16-12-23/h4-16,18,27-29,37H,17,19H2,1-3H3. The molecular formula is C32H31IN2O7. The van der Waals surface area contributed by atoms with E-state index in [-0.39, 0.29) is 24.5 Å². The fraction of sp³-hybridized carbons (Fsp3) is 0.281. The van der Waals surface area contributed by atoms with E-state index in [4.69, 9.17) is 18.9 Å². The number of nitrogens with zero attached hydrogens (tertiary/aromatic N) is 2. The van der Waals surface area contributed by atoms with Gasteiger partial charge in [-0.25, -0.2) is 4.79 Å². The van der Waals surface area contributed by atoms with E-state index < -0.39 is 29.7 Å². The number of carbonyl (C=O) groups excluding carboxylic acids is 1. The van der Waals surface area contributed by atoms with Crippen LogP contribution < -0.4 is 15.2 Å². The molecule has 0 bridgehead atoms. The third-order valence-electron chi connectivity index (χ3n) is 7.39. The van der Waals surface area contributed by atoms with Crippen molar-refractivity contribution in [3.63, 3.8) is 0 Å². The second kappa shape index (κ2) is 12.7. The van der Waals surface area contributed by atoms with Gasteiger partial charge in [0, 0.05) is 19.5 Å². The Morgan fingerprint density at radius 3 is 2.05 bits per heavy atom. The van der Waals surface area contributed by atoms with Gasteiger partial charge in [0.05, 0.1) is 30.5 Å². The molecule has 1 aromatic heterocycles. The van der Waals surface area contributed by atoms with Gasteiger partial charge in [-0.3, -0.25) is 9.36 Å². The molecule has 0 spiro atoms. The van der Waals surface area contributed by atoms with Gasteiger partial charge in [0.15, 0.2) is 5.78 Å². The van der Waals surface area contributed by atoms with Crippen molar-refractivity contribution in [2.45, 2.75) is 37.4 Å². The maximum Gasteiger partial charge on any atom is 0.350 e. The van der Waals surface area contributed by atoms with Crippen molar-refractivity contribution in [3.05, 3.63) is 121 Å². The van der Waals surface area contributed by atoms with Crippen molar-refractivity contribution < 1.29 is 28.8 Å². The summed E-state index contributed by atoms with van der Waals surface area (Å²) in [7, 11) is 3.23. The van der Waals surface area contributed by atoms with Crippen molar-refractivity contribution in [1.29, 1.82) is 0 Å². The summed E-state index contributed by atoms with van der Waals surface area (Å²) in [6.07, 6.45) is -0.722. The topological polar surface area (TPSA) is 109 Å². The first-order chi connectivity index (χ1) is 20.3. The Bertz CT molecular complexity index is 1540. The number of ketones is 1. The summed E-state index contributed by atoms with van der Waals surface area (Å²) in [5.74, 6) is 1.12. The zero-order chi connectivity index (χ0) is 29.9. The minimum atomic E-state index is -1.09. The highest BCUT2D eigenvalue weighted by Gasteiger charge is 2.42. The van der Waals surface area contributed by atoms with E-state index in [2.05, 4.69) is 4.98 Å². The summed E-state index contributed by atoms with van der Waals surface area (Å²) >= 11 is 1.97. The van der Waals surface area contributed by atoms with E-state index in [1.807, 2.05) is 101 Å². The molecule has 10 heteroatoms. The number of Topliss-reactive ketones (excluding diaryl/α,β-unsaturated/α-hetero) is 1. The first-order valence-corrected chi connectivity index (χ1v) is 14.5. The minimum Gasteiger partial charge on any atom is -0.497 e. The lowest BCUT2D eigenvalue weighted by atomic mass is 9.80. The molecule has 42 heavy (non-hydrogen) atoms. The SMILES string of the molecule is COc1ccc(C(OCC2OC(n3cc(I)c(C(C)=O)nc3=O)CC2O)(c2ccccc2)c2ccc(OC)cc2)cc1. The Hall–Kier alpha value is -3.58. The van der Waals surface area contributed by atoms with Gasteiger partial charge >= 0.3 is 5.69 Å². The van der Waals surface area contributed by atoms with Gasteiger partial charge in [0.25, 0.3) is 0 Å². The number of aromatic nitrogens is 2. The lowest BCUT2D eigenvalue weighted by Crippen LogP contribution is -2.38. The predicted octanol–water partition coefficient (Wildman–Crippen LogP) is 4.72. The Balaban J connectivity index is 1.52. The van der Waals surface area contributed by atoms with Crippen LogP contribution in [0.1, 0.15) is 46.8 Å². The number of rotatable bonds is 10. The second-order valence-corrected chi connectivity index (χ2v) is 11.1. The first-order valence-electron chi connectivity index (χ1n) is 13.4. The molecule has 2 heterocycles. The highest BCUT2D eigenvalue weighted by Crippen LogP contribution is 2.42. The van der Waals surface area contributed by atoms with Crippen molar-refractivity contribution in [1.82, 2.24) is 9.55 Å². The Labute approximate surface area is 257 Å². The highest BCUT2D eigenvalue weighted by molar-refractivity contribution is 14.1. The number of carbonyl (C=O) groups is 1. The van der Waals surface area contributed by atoms with Gasteiger partial charge in [-0.05, 0) is 63.5 Å². The molecule has 1 fully saturated rings. The Morgan fingerprint density at radius 2 is 1.52 bits per heavy atom. The molecule has 3 unspecified atom stereocenters. The van der Waals surface area contributed by atoms with Crippen LogP contribution in [0.25, 0.3) is 0 Å². The maximum atomic E-state index is 12.8. The van der Waals surface area contributed by atoms with Gasteiger partial charge in [0.1, 0.15) is 35.1 Å². The summed E-state index contributed by atoms with van der Waals surface area (Å²) in [6.45, 7) is 1.37. The molecule has 4 aromatic rings. The smallest absolute Gasteiger partial charge is 0.350 e. The number of ether oxygens (including phenoxy) is 4. The largest absolute Gasteiger partial charge is 0.497 e. The van der Waals surface area contributed by atoms with Crippen LogP contribution in [0.2, 0.25) is 0 Å². The van der Waals surface area contributed by atoms with Crippen molar-refractivity contribution in [2.24, 2.45) is 0 Å². The van der Waals surface area contributed by atoms with E-state index in [0.29, 0.717) is 15.1 Å². The van der Waals surface area contributed by atoms with Crippen LogP contribution >= 0.6 is 22.6 Å². The van der Waals surface area contributed by atoms with Gasteiger partial charge < -0.3 is 24.1 Å². The maximum absolute atomic E-state index is 12.8. The van der Waals surface area contributed by atoms with Gasteiger partial charge in [0.2, 0.25) is 0 Å². The van der Waals surface area contributed by atoms with E-state index in [9.17, 15) is 14.7 Å². The van der Waals surface area contributed by atoms with Crippen molar-refractivity contribution in [2.75, 3.05) is 20.8 Å². The molecule has 0 radical (unpaired) electrons. The number of halogens is 1. The van der Waals surface area contributed by atoms with E-state index in [1.165, 1.54) is 17.7 Å².